The van der Waals surface area contributed by atoms with Gasteiger partial charge in [-0.05, 0) is 25.0 Å². The van der Waals surface area contributed by atoms with Crippen LogP contribution in [0.3, 0.4) is 0 Å². The standard InChI is InChI=1S/C17H23N3O4S2/c1-10(2)15-17(22)20-13(16(18)21)9-25-14(20)8-19(15)26(23,24)12-6-4-11(3)5-7-12/h4-7,10,13-15H,8-9H2,1-3H3,(H2,18,21)/t13-,14-,15+/m0/s1. The third kappa shape index (κ3) is 3.12. The number of benzene rings is 1. The number of hydrogen-bond acceptors (Lipinski definition) is 5. The molecule has 3 rings (SSSR count). The van der Waals surface area contributed by atoms with Gasteiger partial charge in [0.15, 0.2) is 0 Å². The summed E-state index contributed by atoms with van der Waals surface area (Å²) in [6.45, 7) is 5.65. The number of amides is 2. The Morgan fingerprint density at radius 2 is 1.88 bits per heavy atom. The van der Waals surface area contributed by atoms with E-state index in [1.165, 1.54) is 21.0 Å². The molecule has 2 amide bonds. The smallest absolute Gasteiger partial charge is 0.243 e. The lowest BCUT2D eigenvalue weighted by molar-refractivity contribution is -0.147. The van der Waals surface area contributed by atoms with Crippen molar-refractivity contribution in [1.29, 1.82) is 0 Å². The van der Waals surface area contributed by atoms with Gasteiger partial charge in [0.25, 0.3) is 0 Å². The van der Waals surface area contributed by atoms with Gasteiger partial charge < -0.3 is 10.6 Å². The van der Waals surface area contributed by atoms with Crippen LogP contribution < -0.4 is 5.73 Å². The lowest BCUT2D eigenvalue weighted by Gasteiger charge is -2.44. The summed E-state index contributed by atoms with van der Waals surface area (Å²) in [5, 5.41) is -0.393. The van der Waals surface area contributed by atoms with E-state index in [4.69, 9.17) is 5.73 Å². The van der Waals surface area contributed by atoms with Crippen molar-refractivity contribution in [3.63, 3.8) is 0 Å². The van der Waals surface area contributed by atoms with Crippen molar-refractivity contribution in [2.45, 2.75) is 43.1 Å². The first-order valence-corrected chi connectivity index (χ1v) is 10.9. The number of carbonyl (C=O) groups excluding carboxylic acids is 2. The lowest BCUT2D eigenvalue weighted by Crippen LogP contribution is -2.65. The van der Waals surface area contributed by atoms with Crippen molar-refractivity contribution in [1.82, 2.24) is 9.21 Å². The van der Waals surface area contributed by atoms with Gasteiger partial charge in [0, 0.05) is 12.3 Å². The van der Waals surface area contributed by atoms with Crippen LogP contribution in [0.5, 0.6) is 0 Å². The second kappa shape index (κ2) is 6.86. The number of carbonyl (C=O) groups is 2. The summed E-state index contributed by atoms with van der Waals surface area (Å²) in [5.41, 5.74) is 6.40. The van der Waals surface area contributed by atoms with Crippen LogP contribution in [-0.4, -0.2) is 59.2 Å². The summed E-state index contributed by atoms with van der Waals surface area (Å²) in [5.74, 6) is -0.733. The highest BCUT2D eigenvalue weighted by molar-refractivity contribution is 8.00. The largest absolute Gasteiger partial charge is 0.368 e. The first kappa shape index (κ1) is 19.2. The number of thioether (sulfide) groups is 1. The number of sulfonamides is 1. The van der Waals surface area contributed by atoms with Crippen LogP contribution in [0.15, 0.2) is 29.2 Å². The van der Waals surface area contributed by atoms with Crippen LogP contribution in [0.1, 0.15) is 19.4 Å². The molecule has 1 aromatic carbocycles. The van der Waals surface area contributed by atoms with E-state index >= 15 is 0 Å². The molecule has 3 atom stereocenters. The summed E-state index contributed by atoms with van der Waals surface area (Å²) in [6, 6.07) is 5.08. The maximum atomic E-state index is 13.2. The number of nitrogens with zero attached hydrogens (tertiary/aromatic N) is 2. The maximum absolute atomic E-state index is 13.2. The van der Waals surface area contributed by atoms with Gasteiger partial charge in [-0.1, -0.05) is 31.5 Å². The van der Waals surface area contributed by atoms with Crippen LogP contribution >= 0.6 is 11.8 Å². The first-order valence-electron chi connectivity index (χ1n) is 8.46. The van der Waals surface area contributed by atoms with Crippen molar-refractivity contribution in [2.75, 3.05) is 12.3 Å². The van der Waals surface area contributed by atoms with Crippen LogP contribution in [-0.2, 0) is 19.6 Å². The minimum atomic E-state index is -3.83. The Labute approximate surface area is 158 Å². The van der Waals surface area contributed by atoms with Gasteiger partial charge >= 0.3 is 0 Å². The van der Waals surface area contributed by atoms with Gasteiger partial charge in [-0.25, -0.2) is 8.42 Å². The Hall–Kier alpha value is -1.58. The molecule has 0 saturated carbocycles. The molecule has 0 bridgehead atoms. The molecular weight excluding hydrogens is 374 g/mol. The molecule has 9 heteroatoms. The van der Waals surface area contributed by atoms with Gasteiger partial charge in [0.1, 0.15) is 12.1 Å². The molecule has 2 aliphatic rings. The Balaban J connectivity index is 2.01. The van der Waals surface area contributed by atoms with E-state index in [1.54, 1.807) is 24.3 Å². The normalized spacial score (nSPS) is 27.0. The van der Waals surface area contributed by atoms with E-state index in [9.17, 15) is 18.0 Å². The molecule has 26 heavy (non-hydrogen) atoms. The lowest BCUT2D eigenvalue weighted by atomic mass is 10.00. The number of hydrogen-bond donors (Lipinski definition) is 1. The molecule has 2 heterocycles. The minimum absolute atomic E-state index is 0.152. The molecule has 7 nitrogen and oxygen atoms in total. The number of fused-ring (bicyclic) bond motifs is 1. The number of primary amides is 1. The van der Waals surface area contributed by atoms with Gasteiger partial charge in [0.2, 0.25) is 21.8 Å². The zero-order chi connectivity index (χ0) is 19.2. The molecular formula is C17H23N3O4S2. The summed E-state index contributed by atoms with van der Waals surface area (Å²) in [4.78, 5) is 26.5. The van der Waals surface area contributed by atoms with E-state index in [0.29, 0.717) is 5.75 Å². The van der Waals surface area contributed by atoms with Crippen LogP contribution in [0.2, 0.25) is 0 Å². The first-order chi connectivity index (χ1) is 12.1. The Kier molecular flexibility index (Phi) is 5.06. The highest BCUT2D eigenvalue weighted by Crippen LogP contribution is 2.38. The van der Waals surface area contributed by atoms with E-state index in [0.717, 1.165) is 5.56 Å². The predicted molar refractivity (Wildman–Crippen MR) is 99.8 cm³/mol. The van der Waals surface area contributed by atoms with Gasteiger partial charge in [-0.3, -0.25) is 9.59 Å². The molecule has 2 fully saturated rings. The number of nitrogens with two attached hydrogens (primary N) is 1. The van der Waals surface area contributed by atoms with Crippen LogP contribution in [0, 0.1) is 12.8 Å². The summed E-state index contributed by atoms with van der Waals surface area (Å²) < 4.78 is 27.7. The third-order valence-corrected chi connectivity index (χ3v) is 7.96. The maximum Gasteiger partial charge on any atom is 0.243 e. The Morgan fingerprint density at radius 3 is 2.42 bits per heavy atom. The molecule has 2 N–H and O–H groups in total. The SMILES string of the molecule is Cc1ccc(S(=O)(=O)N2C[C@@H]3SC[C@@H](C(N)=O)N3C(=O)[C@H]2C(C)C)cc1. The molecule has 0 aliphatic carbocycles. The summed E-state index contributed by atoms with van der Waals surface area (Å²) in [6.07, 6.45) is 0. The zero-order valence-corrected chi connectivity index (χ0v) is 16.6. The molecule has 0 spiro atoms. The topological polar surface area (TPSA) is 101 Å². The fourth-order valence-electron chi connectivity index (χ4n) is 3.47. The quantitative estimate of drug-likeness (QED) is 0.809. The van der Waals surface area contributed by atoms with Gasteiger partial charge in [-0.2, -0.15) is 4.31 Å². The van der Waals surface area contributed by atoms with Crippen molar-refractivity contribution >= 4 is 33.6 Å². The van der Waals surface area contributed by atoms with Crippen LogP contribution in [0.25, 0.3) is 0 Å². The van der Waals surface area contributed by atoms with E-state index in [2.05, 4.69) is 0 Å². The molecule has 2 saturated heterocycles. The highest BCUT2D eigenvalue weighted by Gasteiger charge is 2.52. The zero-order valence-electron chi connectivity index (χ0n) is 15.0. The minimum Gasteiger partial charge on any atom is -0.368 e. The van der Waals surface area contributed by atoms with E-state index in [-0.39, 0.29) is 23.3 Å². The molecule has 0 unspecified atom stereocenters. The molecule has 0 radical (unpaired) electrons. The Bertz CT molecular complexity index is 823. The number of aryl methyl sites for hydroxylation is 1. The van der Waals surface area contributed by atoms with Gasteiger partial charge in [-0.15, -0.1) is 11.8 Å². The molecule has 1 aromatic rings. The molecule has 2 aliphatic heterocycles. The van der Waals surface area contributed by atoms with Crippen molar-refractivity contribution in [3.8, 4) is 0 Å². The summed E-state index contributed by atoms with van der Waals surface area (Å²) in [7, 11) is -3.83. The number of rotatable bonds is 4. The van der Waals surface area contributed by atoms with Gasteiger partial charge in [0.05, 0.1) is 10.3 Å². The van der Waals surface area contributed by atoms with Crippen molar-refractivity contribution in [2.24, 2.45) is 11.7 Å². The fourth-order valence-corrected chi connectivity index (χ4v) is 6.70. The fraction of sp³-hybridized carbons (Fsp3) is 0.529. The molecule has 0 aromatic heterocycles. The third-order valence-electron chi connectivity index (χ3n) is 4.83. The average molecular weight is 398 g/mol. The monoisotopic (exact) mass is 397 g/mol. The van der Waals surface area contributed by atoms with Crippen molar-refractivity contribution < 1.29 is 18.0 Å². The molecule has 142 valence electrons. The van der Waals surface area contributed by atoms with E-state index in [1.807, 2.05) is 20.8 Å². The van der Waals surface area contributed by atoms with E-state index < -0.39 is 33.4 Å². The summed E-state index contributed by atoms with van der Waals surface area (Å²) >= 11 is 1.40. The van der Waals surface area contributed by atoms with Crippen molar-refractivity contribution in [3.05, 3.63) is 29.8 Å². The predicted octanol–water partition coefficient (Wildman–Crippen LogP) is 0.779. The second-order valence-corrected chi connectivity index (χ2v) is 10.1. The Morgan fingerprint density at radius 1 is 1.27 bits per heavy atom. The highest BCUT2D eigenvalue weighted by atomic mass is 32.2. The van der Waals surface area contributed by atoms with Crippen LogP contribution in [0.4, 0.5) is 0 Å². The number of piperazine rings is 1. The second-order valence-electron chi connectivity index (χ2n) is 7.03. The average Bonchev–Trinajstić information content (AvgIpc) is 2.99.